The minimum atomic E-state index is -1.08. The van der Waals surface area contributed by atoms with Gasteiger partial charge in [0.05, 0.1) is 31.5 Å². The number of ether oxygens (including phenoxy) is 4. The molecule has 3 unspecified atom stereocenters. The number of carbonyl (C=O) groups excluding carboxylic acids is 2. The molecule has 3 atom stereocenters. The van der Waals surface area contributed by atoms with Crippen molar-refractivity contribution in [3.63, 3.8) is 0 Å². The Kier molecular flexibility index (Phi) is 7.93. The lowest BCUT2D eigenvalue weighted by atomic mass is 9.76. The van der Waals surface area contributed by atoms with Crippen LogP contribution in [-0.2, 0) is 27.4 Å². The molecule has 3 N–H and O–H groups in total. The van der Waals surface area contributed by atoms with Crippen molar-refractivity contribution in [2.24, 2.45) is 5.92 Å². The van der Waals surface area contributed by atoms with Gasteiger partial charge in [-0.2, -0.15) is 0 Å². The van der Waals surface area contributed by atoms with Gasteiger partial charge >= 0.3 is 5.97 Å². The van der Waals surface area contributed by atoms with Gasteiger partial charge in [0.15, 0.2) is 0 Å². The molecule has 2 aromatic carbocycles. The van der Waals surface area contributed by atoms with E-state index in [-0.39, 0.29) is 35.7 Å². The van der Waals surface area contributed by atoms with Gasteiger partial charge in [-0.3, -0.25) is 4.79 Å². The first-order valence-corrected chi connectivity index (χ1v) is 16.4. The number of fused-ring (bicyclic) bond motifs is 3. The van der Waals surface area contributed by atoms with Crippen LogP contribution in [-0.4, -0.2) is 52.4 Å². The lowest BCUT2D eigenvalue weighted by Crippen LogP contribution is -2.47. The first-order valence-electron chi connectivity index (χ1n) is 16.4. The third-order valence-corrected chi connectivity index (χ3v) is 10.5. The van der Waals surface area contributed by atoms with Crippen molar-refractivity contribution >= 4 is 28.2 Å². The first kappa shape index (κ1) is 30.6. The molecule has 242 valence electrons. The zero-order valence-electron chi connectivity index (χ0n) is 26.6. The number of methoxy groups -OCH3 is 1. The molecular formula is C37H41NO8. The number of allylic oxidation sites excluding steroid dienone is 3. The molecule has 2 aliphatic carbocycles. The third kappa shape index (κ3) is 5.00. The summed E-state index contributed by atoms with van der Waals surface area (Å²) in [7, 11) is 1.59. The summed E-state index contributed by atoms with van der Waals surface area (Å²) in [5.74, 6) is 0.509. The van der Waals surface area contributed by atoms with Crippen LogP contribution in [0.5, 0.6) is 17.2 Å². The number of H-pyrrole nitrogens is 1. The van der Waals surface area contributed by atoms with Crippen molar-refractivity contribution in [3.8, 4) is 17.2 Å². The van der Waals surface area contributed by atoms with Gasteiger partial charge in [-0.05, 0) is 86.2 Å². The zero-order valence-corrected chi connectivity index (χ0v) is 26.6. The van der Waals surface area contributed by atoms with Gasteiger partial charge in [0.25, 0.3) is 0 Å². The van der Waals surface area contributed by atoms with Crippen LogP contribution >= 0.6 is 0 Å². The highest BCUT2D eigenvalue weighted by molar-refractivity contribution is 5.98. The summed E-state index contributed by atoms with van der Waals surface area (Å²) in [6.45, 7) is 3.33. The van der Waals surface area contributed by atoms with Crippen LogP contribution in [0.3, 0.4) is 0 Å². The van der Waals surface area contributed by atoms with Crippen molar-refractivity contribution in [2.45, 2.75) is 89.4 Å². The molecule has 7 rings (SSSR count). The zero-order chi connectivity index (χ0) is 32.2. The number of aromatic nitrogens is 1. The Hall–Kier alpha value is -4.08. The Balaban J connectivity index is 1.37. The molecule has 2 saturated carbocycles. The highest BCUT2D eigenvalue weighted by Crippen LogP contribution is 2.55. The molecule has 46 heavy (non-hydrogen) atoms. The van der Waals surface area contributed by atoms with E-state index in [4.69, 9.17) is 18.9 Å². The molecule has 9 nitrogen and oxygen atoms in total. The molecule has 0 radical (unpaired) electrons. The van der Waals surface area contributed by atoms with Crippen LogP contribution in [0.1, 0.15) is 87.0 Å². The van der Waals surface area contributed by atoms with Crippen LogP contribution in [0, 0.1) is 5.92 Å². The van der Waals surface area contributed by atoms with Gasteiger partial charge in [0.2, 0.25) is 5.76 Å². The number of rotatable bonds is 7. The maximum Gasteiger partial charge on any atom is 0.374 e. The molecule has 9 heteroatoms. The number of Topliss-reactive ketones (excluding diaryl/α,β-unsaturated/α-hetero) is 1. The fourth-order valence-electron chi connectivity index (χ4n) is 7.99. The van der Waals surface area contributed by atoms with Gasteiger partial charge in [-0.15, -0.1) is 0 Å². The van der Waals surface area contributed by atoms with Crippen LogP contribution in [0.25, 0.3) is 16.5 Å². The molecule has 0 amide bonds. The number of carbonyl (C=O) groups is 2. The van der Waals surface area contributed by atoms with Crippen molar-refractivity contribution in [2.75, 3.05) is 13.7 Å². The van der Waals surface area contributed by atoms with Crippen LogP contribution in [0.2, 0.25) is 0 Å². The average molecular weight is 628 g/mol. The molecule has 3 aromatic rings. The van der Waals surface area contributed by atoms with E-state index in [2.05, 4.69) is 11.1 Å². The van der Waals surface area contributed by atoms with Crippen molar-refractivity contribution in [1.29, 1.82) is 0 Å². The fraction of sp³-hybridized carbons (Fsp3) is 0.459. The number of nitrogens with one attached hydrogen (secondary N) is 1. The van der Waals surface area contributed by atoms with E-state index in [0.29, 0.717) is 48.3 Å². The number of aromatic amines is 1. The van der Waals surface area contributed by atoms with E-state index in [9.17, 15) is 19.8 Å². The predicted molar refractivity (Wildman–Crippen MR) is 172 cm³/mol. The predicted octanol–water partition coefficient (Wildman–Crippen LogP) is 6.04. The summed E-state index contributed by atoms with van der Waals surface area (Å²) in [4.78, 5) is 29.7. The number of hydrogen-bond acceptors (Lipinski definition) is 8. The van der Waals surface area contributed by atoms with Crippen LogP contribution in [0.4, 0.5) is 0 Å². The van der Waals surface area contributed by atoms with E-state index >= 15 is 0 Å². The topological polar surface area (TPSA) is 127 Å². The Labute approximate surface area is 268 Å². The van der Waals surface area contributed by atoms with E-state index < -0.39 is 24.3 Å². The van der Waals surface area contributed by atoms with Crippen LogP contribution < -0.4 is 14.2 Å². The molecule has 0 bridgehead atoms. The minimum absolute atomic E-state index is 0.0109. The van der Waals surface area contributed by atoms with Crippen LogP contribution in [0.15, 0.2) is 47.9 Å². The van der Waals surface area contributed by atoms with E-state index in [0.717, 1.165) is 58.9 Å². The van der Waals surface area contributed by atoms with Gasteiger partial charge in [-0.1, -0.05) is 24.5 Å². The van der Waals surface area contributed by atoms with Gasteiger partial charge < -0.3 is 34.1 Å². The Bertz CT molecular complexity index is 1770. The molecule has 0 spiro atoms. The lowest BCUT2D eigenvalue weighted by Gasteiger charge is -2.35. The second-order valence-corrected chi connectivity index (χ2v) is 13.1. The van der Waals surface area contributed by atoms with Gasteiger partial charge in [-0.25, -0.2) is 4.79 Å². The molecule has 0 saturated heterocycles. The molecule has 2 fully saturated rings. The standard InChI is InChI=1S/C37H41NO8/c1-4-44-36(41)30-17-25(21-10-12-29(40)24(16-21)20-9-11-28-22(15-20)13-14-38-28)32-34(43-3)26-18-31(37(2,42)23-7-5-6-8-23)46-33(26)27(19-39)35(32)45-30/h9,11,13-15,17,23-24,31,38-39,42H,4-8,10,12,16,18-19H2,1-3H3. The van der Waals surface area contributed by atoms with Crippen molar-refractivity contribution < 1.29 is 38.7 Å². The highest BCUT2D eigenvalue weighted by atomic mass is 16.6. The lowest BCUT2D eigenvalue weighted by molar-refractivity contribution is -0.141. The monoisotopic (exact) mass is 627 g/mol. The number of aliphatic hydroxyl groups excluding tert-OH is 1. The number of benzene rings is 2. The summed E-state index contributed by atoms with van der Waals surface area (Å²) >= 11 is 0. The van der Waals surface area contributed by atoms with Gasteiger partial charge in [0.1, 0.15) is 34.7 Å². The average Bonchev–Trinajstić information content (AvgIpc) is 3.85. The molecular weight excluding hydrogens is 586 g/mol. The third-order valence-electron chi connectivity index (χ3n) is 10.5. The van der Waals surface area contributed by atoms with E-state index in [1.54, 1.807) is 20.1 Å². The number of ketones is 1. The number of aliphatic hydroxyl groups is 2. The minimum Gasteiger partial charge on any atom is -0.496 e. The summed E-state index contributed by atoms with van der Waals surface area (Å²) in [6, 6.07) is 8.05. The Morgan fingerprint density at radius 2 is 1.93 bits per heavy atom. The normalized spacial score (nSPS) is 24.1. The van der Waals surface area contributed by atoms with Crippen molar-refractivity contribution in [1.82, 2.24) is 4.98 Å². The maximum atomic E-state index is 13.4. The number of hydrogen-bond donors (Lipinski definition) is 3. The second kappa shape index (κ2) is 11.9. The Morgan fingerprint density at radius 3 is 2.67 bits per heavy atom. The van der Waals surface area contributed by atoms with Gasteiger partial charge in [0, 0.05) is 36.0 Å². The smallest absolute Gasteiger partial charge is 0.374 e. The quantitative estimate of drug-likeness (QED) is 0.271. The summed E-state index contributed by atoms with van der Waals surface area (Å²) in [5, 5.41) is 23.6. The number of esters is 1. The fourth-order valence-corrected chi connectivity index (χ4v) is 7.99. The van der Waals surface area contributed by atoms with Crippen molar-refractivity contribution in [3.05, 3.63) is 70.1 Å². The first-order chi connectivity index (χ1) is 22.2. The molecule has 4 aliphatic rings. The van der Waals surface area contributed by atoms with E-state index in [1.807, 2.05) is 31.3 Å². The highest BCUT2D eigenvalue weighted by Gasteiger charge is 2.48. The second-order valence-electron chi connectivity index (χ2n) is 13.1. The Morgan fingerprint density at radius 1 is 1.13 bits per heavy atom. The largest absolute Gasteiger partial charge is 0.496 e. The SMILES string of the molecule is CCOC(=O)C1=CC(=C2CCC(=O)C(c3ccc4[nH]ccc4c3)C2)c2c(OC)c3c(c(CO)c2O1)OC(C(C)(O)C1CCCC1)C3. The maximum absolute atomic E-state index is 13.4. The molecule has 2 aliphatic heterocycles. The van der Waals surface area contributed by atoms with E-state index in [1.165, 1.54) is 0 Å². The summed E-state index contributed by atoms with van der Waals surface area (Å²) in [6.07, 6.45) is 8.78. The molecule has 3 heterocycles. The molecule has 1 aromatic heterocycles. The summed E-state index contributed by atoms with van der Waals surface area (Å²) < 4.78 is 24.2. The summed E-state index contributed by atoms with van der Waals surface area (Å²) in [5.41, 5.74) is 4.35.